The van der Waals surface area contributed by atoms with Crippen LogP contribution >= 0.6 is 21.6 Å². The Hall–Kier alpha value is -0.880. The van der Waals surface area contributed by atoms with Crippen LogP contribution in [0.4, 0.5) is 11.5 Å². The summed E-state index contributed by atoms with van der Waals surface area (Å²) in [5, 5.41) is 3.72. The highest BCUT2D eigenvalue weighted by Crippen LogP contribution is 2.39. The second-order valence-electron chi connectivity index (χ2n) is 6.22. The molecule has 3 rings (SSSR count). The Balaban J connectivity index is 1.35. The van der Waals surface area contributed by atoms with E-state index >= 15 is 0 Å². The number of pyridine rings is 1. The van der Waals surface area contributed by atoms with Crippen LogP contribution in [0.25, 0.3) is 0 Å². The molecule has 23 heavy (non-hydrogen) atoms. The molecule has 0 saturated carbocycles. The van der Waals surface area contributed by atoms with Crippen molar-refractivity contribution in [2.45, 2.75) is 50.2 Å². The SMILES string of the molecule is O=C(CCCCC1CCSS1)Nc1ccc(N2CCCC2)cn1. The lowest BCUT2D eigenvalue weighted by molar-refractivity contribution is -0.116. The van der Waals surface area contributed by atoms with E-state index < -0.39 is 0 Å². The van der Waals surface area contributed by atoms with E-state index in [9.17, 15) is 4.79 Å². The van der Waals surface area contributed by atoms with Crippen molar-refractivity contribution >= 4 is 39.0 Å². The molecule has 2 aliphatic rings. The van der Waals surface area contributed by atoms with Crippen LogP contribution in [-0.2, 0) is 4.79 Å². The first-order valence-electron chi connectivity index (χ1n) is 8.60. The van der Waals surface area contributed by atoms with Crippen molar-refractivity contribution in [1.82, 2.24) is 4.98 Å². The second-order valence-corrected chi connectivity index (χ2v) is 9.01. The summed E-state index contributed by atoms with van der Waals surface area (Å²) in [7, 11) is 4.00. The number of hydrogen-bond acceptors (Lipinski definition) is 5. The summed E-state index contributed by atoms with van der Waals surface area (Å²) in [5.41, 5.74) is 1.16. The van der Waals surface area contributed by atoms with Crippen molar-refractivity contribution in [2.75, 3.05) is 29.1 Å². The van der Waals surface area contributed by atoms with E-state index in [2.05, 4.69) is 21.3 Å². The first-order chi connectivity index (χ1) is 11.3. The molecule has 4 nitrogen and oxygen atoms in total. The molecule has 0 radical (unpaired) electrons. The molecule has 1 unspecified atom stereocenters. The molecule has 2 aliphatic heterocycles. The lowest BCUT2D eigenvalue weighted by Crippen LogP contribution is -2.18. The molecule has 0 bridgehead atoms. The van der Waals surface area contributed by atoms with Crippen LogP contribution in [0.3, 0.4) is 0 Å². The van der Waals surface area contributed by atoms with Crippen LogP contribution < -0.4 is 10.2 Å². The first-order valence-corrected chi connectivity index (χ1v) is 11.0. The lowest BCUT2D eigenvalue weighted by atomic mass is 10.1. The maximum atomic E-state index is 12.0. The maximum absolute atomic E-state index is 12.0. The molecule has 6 heteroatoms. The monoisotopic (exact) mass is 351 g/mol. The molecule has 3 heterocycles. The summed E-state index contributed by atoms with van der Waals surface area (Å²) < 4.78 is 0. The Morgan fingerprint density at radius 1 is 1.30 bits per heavy atom. The number of carbonyl (C=O) groups is 1. The summed E-state index contributed by atoms with van der Waals surface area (Å²) in [4.78, 5) is 18.7. The number of aromatic nitrogens is 1. The van der Waals surface area contributed by atoms with Gasteiger partial charge in [0.2, 0.25) is 5.91 Å². The Morgan fingerprint density at radius 2 is 2.17 bits per heavy atom. The van der Waals surface area contributed by atoms with Crippen LogP contribution in [0, 0.1) is 0 Å². The summed E-state index contributed by atoms with van der Waals surface area (Å²) in [6.07, 6.45) is 9.68. The first kappa shape index (κ1) is 17.0. The Morgan fingerprint density at radius 3 is 2.87 bits per heavy atom. The Bertz CT molecular complexity index is 497. The molecule has 126 valence electrons. The van der Waals surface area contributed by atoms with Gasteiger partial charge in [-0.05, 0) is 44.2 Å². The van der Waals surface area contributed by atoms with Gasteiger partial charge in [-0.3, -0.25) is 4.79 Å². The van der Waals surface area contributed by atoms with Crippen LogP contribution in [-0.4, -0.2) is 35.0 Å². The number of rotatable bonds is 7. The number of unbranched alkanes of at least 4 members (excludes halogenated alkanes) is 1. The van der Waals surface area contributed by atoms with E-state index in [-0.39, 0.29) is 5.91 Å². The fourth-order valence-corrected chi connectivity index (χ4v) is 6.08. The van der Waals surface area contributed by atoms with E-state index in [1.807, 2.05) is 33.9 Å². The minimum absolute atomic E-state index is 0.0832. The zero-order chi connectivity index (χ0) is 15.9. The van der Waals surface area contributed by atoms with Crippen LogP contribution in [0.5, 0.6) is 0 Å². The van der Waals surface area contributed by atoms with Gasteiger partial charge in [-0.15, -0.1) is 0 Å². The van der Waals surface area contributed by atoms with Crippen LogP contribution in [0.2, 0.25) is 0 Å². The molecule has 0 aromatic carbocycles. The highest BCUT2D eigenvalue weighted by Gasteiger charge is 2.16. The van der Waals surface area contributed by atoms with Gasteiger partial charge < -0.3 is 10.2 Å². The lowest BCUT2D eigenvalue weighted by Gasteiger charge is -2.17. The largest absolute Gasteiger partial charge is 0.370 e. The molecule has 1 aromatic heterocycles. The molecule has 2 saturated heterocycles. The van der Waals surface area contributed by atoms with Crippen molar-refractivity contribution in [1.29, 1.82) is 0 Å². The van der Waals surface area contributed by atoms with Gasteiger partial charge in [0.05, 0.1) is 11.9 Å². The number of nitrogens with zero attached hydrogens (tertiary/aromatic N) is 2. The van der Waals surface area contributed by atoms with E-state index in [0.29, 0.717) is 12.2 Å². The van der Waals surface area contributed by atoms with Crippen LogP contribution in [0.1, 0.15) is 44.9 Å². The molecule has 1 aromatic rings. The van der Waals surface area contributed by atoms with Gasteiger partial charge >= 0.3 is 0 Å². The summed E-state index contributed by atoms with van der Waals surface area (Å²) >= 11 is 0. The minimum atomic E-state index is 0.0832. The average molecular weight is 352 g/mol. The number of carbonyl (C=O) groups excluding carboxylic acids is 1. The molecular weight excluding hydrogens is 326 g/mol. The van der Waals surface area contributed by atoms with Crippen molar-refractivity contribution in [3.8, 4) is 0 Å². The van der Waals surface area contributed by atoms with Gasteiger partial charge in [-0.2, -0.15) is 0 Å². The van der Waals surface area contributed by atoms with Gasteiger partial charge in [0.1, 0.15) is 5.82 Å². The highest BCUT2D eigenvalue weighted by atomic mass is 33.1. The van der Waals surface area contributed by atoms with E-state index in [1.165, 1.54) is 31.4 Å². The second kappa shape index (κ2) is 8.83. The molecule has 1 atom stereocenters. The number of amides is 1. The summed E-state index contributed by atoms with van der Waals surface area (Å²) in [6, 6.07) is 3.97. The van der Waals surface area contributed by atoms with Crippen molar-refractivity contribution in [3.05, 3.63) is 18.3 Å². The van der Waals surface area contributed by atoms with E-state index in [0.717, 1.165) is 36.9 Å². The Labute approximate surface area is 146 Å². The standard InChI is InChI=1S/C17H25N3OS2/c21-17(6-2-1-5-15-9-12-22-23-15)19-16-8-7-14(13-18-16)20-10-3-4-11-20/h7-8,13,15H,1-6,9-12H2,(H,18,19,21). The average Bonchev–Trinajstić information content (AvgIpc) is 3.26. The highest BCUT2D eigenvalue weighted by molar-refractivity contribution is 8.77. The van der Waals surface area contributed by atoms with Crippen molar-refractivity contribution < 1.29 is 4.79 Å². The normalized spacial score (nSPS) is 20.9. The Kier molecular flexibility index (Phi) is 6.51. The smallest absolute Gasteiger partial charge is 0.225 e. The van der Waals surface area contributed by atoms with Crippen molar-refractivity contribution in [2.24, 2.45) is 0 Å². The predicted molar refractivity (Wildman–Crippen MR) is 101 cm³/mol. The minimum Gasteiger partial charge on any atom is -0.370 e. The van der Waals surface area contributed by atoms with Gasteiger partial charge in [0, 0.05) is 30.5 Å². The maximum Gasteiger partial charge on any atom is 0.225 e. The molecule has 2 fully saturated rings. The fourth-order valence-electron chi connectivity index (χ4n) is 3.05. The van der Waals surface area contributed by atoms with Crippen LogP contribution in [0.15, 0.2) is 18.3 Å². The fraction of sp³-hybridized carbons (Fsp3) is 0.647. The van der Waals surface area contributed by atoms with Gasteiger partial charge in [0.15, 0.2) is 0 Å². The molecule has 0 spiro atoms. The third kappa shape index (κ3) is 5.31. The third-order valence-corrected chi connectivity index (χ3v) is 7.40. The van der Waals surface area contributed by atoms with Crippen molar-refractivity contribution in [3.63, 3.8) is 0 Å². The molecule has 1 amide bonds. The van der Waals surface area contributed by atoms with E-state index in [4.69, 9.17) is 0 Å². The molecule has 1 N–H and O–H groups in total. The predicted octanol–water partition coefficient (Wildman–Crippen LogP) is 4.33. The summed E-state index contributed by atoms with van der Waals surface area (Å²) in [5.74, 6) is 2.04. The van der Waals surface area contributed by atoms with Gasteiger partial charge in [-0.1, -0.05) is 28.0 Å². The molecule has 0 aliphatic carbocycles. The zero-order valence-electron chi connectivity index (χ0n) is 13.5. The van der Waals surface area contributed by atoms with E-state index in [1.54, 1.807) is 0 Å². The molecular formula is C17H25N3OS2. The summed E-state index contributed by atoms with van der Waals surface area (Å²) in [6.45, 7) is 2.23. The third-order valence-electron chi connectivity index (χ3n) is 4.39. The van der Waals surface area contributed by atoms with Gasteiger partial charge in [0.25, 0.3) is 0 Å². The van der Waals surface area contributed by atoms with Gasteiger partial charge in [-0.25, -0.2) is 4.98 Å². The topological polar surface area (TPSA) is 45.2 Å². The number of nitrogens with one attached hydrogen (secondary N) is 1. The zero-order valence-corrected chi connectivity index (χ0v) is 15.1. The quantitative estimate of drug-likeness (QED) is 0.585. The number of anilines is 2. The number of hydrogen-bond donors (Lipinski definition) is 1.